The molecule has 0 saturated heterocycles. The number of aryl methyl sites for hydroxylation is 2. The van der Waals surface area contributed by atoms with E-state index in [1.165, 1.54) is 14.1 Å². The maximum absolute atomic E-state index is 12.4. The fourth-order valence-electron chi connectivity index (χ4n) is 3.00. The highest BCUT2D eigenvalue weighted by Crippen LogP contribution is 2.36. The maximum Gasteiger partial charge on any atom is 0.217 e. The summed E-state index contributed by atoms with van der Waals surface area (Å²) in [5, 5.41) is 17.2. The highest BCUT2D eigenvalue weighted by molar-refractivity contribution is 7.88. The van der Waals surface area contributed by atoms with E-state index in [0.717, 1.165) is 27.6 Å². The summed E-state index contributed by atoms with van der Waals surface area (Å²) >= 11 is 1.01. The number of phenolic OH excluding ortho intramolecular Hbond substituents is 1. The molecule has 9 nitrogen and oxygen atoms in total. The number of hydrogen-bond acceptors (Lipinski definition) is 9. The van der Waals surface area contributed by atoms with Gasteiger partial charge >= 0.3 is 0 Å². The molecule has 11 heteroatoms. The van der Waals surface area contributed by atoms with Crippen LogP contribution in [0.25, 0.3) is 0 Å². The van der Waals surface area contributed by atoms with Gasteiger partial charge in [-0.3, -0.25) is 0 Å². The van der Waals surface area contributed by atoms with Crippen LogP contribution in [0.3, 0.4) is 0 Å². The summed E-state index contributed by atoms with van der Waals surface area (Å²) in [5.41, 5.74) is 1.35. The van der Waals surface area contributed by atoms with Crippen LogP contribution in [0, 0.1) is 13.8 Å². The number of benzene rings is 1. The monoisotopic (exact) mass is 477 g/mol. The fourth-order valence-corrected chi connectivity index (χ4v) is 4.46. The molecule has 1 atom stereocenters. The molecule has 32 heavy (non-hydrogen) atoms. The molecule has 3 N–H and O–H groups in total. The average molecular weight is 478 g/mol. The van der Waals surface area contributed by atoms with Gasteiger partial charge in [0.1, 0.15) is 23.3 Å². The van der Waals surface area contributed by atoms with E-state index in [1.807, 2.05) is 38.1 Å². The van der Waals surface area contributed by atoms with E-state index in [9.17, 15) is 13.5 Å². The standard InChI is InChI=1S/C21H27N5O4S2/c1-6-7-16(18-11-9-14(3)30-18)22-20-21(25-31-24-20)23-17-10-8-13(2)15(19(17)27)12-32(28,29)26(4)5/h6-11,16,27H,12H2,1-5H3,(H,22,24)(H,23,25)/b7-6+/t16-/m1/s1. The Bertz CT molecular complexity index is 1210. The van der Waals surface area contributed by atoms with E-state index >= 15 is 0 Å². The normalized spacial score (nSPS) is 13.1. The lowest BCUT2D eigenvalue weighted by Gasteiger charge is -2.17. The number of nitrogens with one attached hydrogen (secondary N) is 2. The zero-order valence-electron chi connectivity index (χ0n) is 18.6. The van der Waals surface area contributed by atoms with Crippen LogP contribution < -0.4 is 10.6 Å². The van der Waals surface area contributed by atoms with Crippen LogP contribution >= 0.6 is 11.7 Å². The Hall–Kier alpha value is -2.89. The summed E-state index contributed by atoms with van der Waals surface area (Å²) in [6.45, 7) is 5.55. The molecule has 3 aromatic rings. The molecule has 0 aliphatic rings. The topological polar surface area (TPSA) is 121 Å². The third-order valence-corrected chi connectivity index (χ3v) is 7.18. The van der Waals surface area contributed by atoms with Crippen LogP contribution in [0.1, 0.15) is 35.6 Å². The van der Waals surface area contributed by atoms with Gasteiger partial charge in [0.05, 0.1) is 23.2 Å². The van der Waals surface area contributed by atoms with Gasteiger partial charge in [0.25, 0.3) is 0 Å². The summed E-state index contributed by atoms with van der Waals surface area (Å²) in [6, 6.07) is 6.95. The van der Waals surface area contributed by atoms with Crippen molar-refractivity contribution >= 4 is 39.1 Å². The molecule has 0 radical (unpaired) electrons. The van der Waals surface area contributed by atoms with Crippen LogP contribution in [-0.4, -0.2) is 40.7 Å². The van der Waals surface area contributed by atoms with Gasteiger partial charge < -0.3 is 20.2 Å². The van der Waals surface area contributed by atoms with Gasteiger partial charge in [0.2, 0.25) is 10.0 Å². The zero-order valence-corrected chi connectivity index (χ0v) is 20.2. The highest BCUT2D eigenvalue weighted by atomic mass is 32.2. The van der Waals surface area contributed by atoms with Crippen LogP contribution in [0.5, 0.6) is 5.75 Å². The lowest BCUT2D eigenvalue weighted by molar-refractivity contribution is 0.469. The van der Waals surface area contributed by atoms with Gasteiger partial charge in [-0.2, -0.15) is 8.75 Å². The summed E-state index contributed by atoms with van der Waals surface area (Å²) < 4.78 is 40.2. The molecule has 172 valence electrons. The van der Waals surface area contributed by atoms with Gasteiger partial charge in [-0.1, -0.05) is 18.2 Å². The molecular formula is C21H27N5O4S2. The Labute approximate surface area is 192 Å². The first-order valence-corrected chi connectivity index (χ1v) is 12.2. The highest BCUT2D eigenvalue weighted by Gasteiger charge is 2.22. The number of rotatable bonds is 9. The number of hydrogen-bond donors (Lipinski definition) is 3. The van der Waals surface area contributed by atoms with E-state index in [-0.39, 0.29) is 17.5 Å². The minimum absolute atomic E-state index is 0.138. The molecule has 0 aliphatic heterocycles. The average Bonchev–Trinajstić information content (AvgIpc) is 3.35. The van der Waals surface area contributed by atoms with Crippen molar-refractivity contribution in [2.75, 3.05) is 24.7 Å². The Morgan fingerprint density at radius 1 is 1.19 bits per heavy atom. The maximum atomic E-state index is 12.4. The Kier molecular flexibility index (Phi) is 7.22. The van der Waals surface area contributed by atoms with Crippen LogP contribution in [-0.2, 0) is 15.8 Å². The summed E-state index contributed by atoms with van der Waals surface area (Å²) in [7, 11) is -0.619. The number of sulfonamides is 1. The van der Waals surface area contributed by atoms with Gasteiger partial charge in [0.15, 0.2) is 11.6 Å². The van der Waals surface area contributed by atoms with Gasteiger partial charge in [-0.05, 0) is 44.5 Å². The smallest absolute Gasteiger partial charge is 0.217 e. The SMILES string of the molecule is C/C=C/[C@@H](Nc1nsnc1Nc1ccc(C)c(CS(=O)(=O)N(C)C)c1O)c1ccc(C)o1. The second-order valence-electron chi connectivity index (χ2n) is 7.48. The molecular weight excluding hydrogens is 450 g/mol. The van der Waals surface area contributed by atoms with Crippen molar-refractivity contribution in [2.24, 2.45) is 0 Å². The molecule has 1 aromatic carbocycles. The Morgan fingerprint density at radius 2 is 1.91 bits per heavy atom. The number of furan rings is 1. The number of allylic oxidation sites excluding steroid dienone is 1. The van der Waals surface area contributed by atoms with Crippen molar-refractivity contribution in [2.45, 2.75) is 32.6 Å². The second kappa shape index (κ2) is 9.72. The molecule has 0 bridgehead atoms. The lowest BCUT2D eigenvalue weighted by Crippen LogP contribution is -2.24. The third-order valence-electron chi connectivity index (χ3n) is 4.89. The van der Waals surface area contributed by atoms with Gasteiger partial charge in [-0.15, -0.1) is 0 Å². The number of aromatic nitrogens is 2. The Balaban J connectivity index is 1.88. The number of phenols is 1. The minimum Gasteiger partial charge on any atom is -0.505 e. The first kappa shape index (κ1) is 23.8. The Morgan fingerprint density at radius 3 is 2.53 bits per heavy atom. The molecule has 0 spiro atoms. The van der Waals surface area contributed by atoms with Crippen LogP contribution in [0.2, 0.25) is 0 Å². The predicted octanol–water partition coefficient (Wildman–Crippen LogP) is 4.32. The van der Waals surface area contributed by atoms with E-state index in [4.69, 9.17) is 4.42 Å². The zero-order chi connectivity index (χ0) is 23.5. The van der Waals surface area contributed by atoms with Crippen molar-refractivity contribution in [1.29, 1.82) is 0 Å². The number of aromatic hydroxyl groups is 1. The second-order valence-corrected chi connectivity index (χ2v) is 10.2. The molecule has 0 unspecified atom stereocenters. The summed E-state index contributed by atoms with van der Waals surface area (Å²) in [6.07, 6.45) is 3.85. The van der Waals surface area contributed by atoms with Crippen molar-refractivity contribution in [1.82, 2.24) is 13.1 Å². The van der Waals surface area contributed by atoms with Crippen molar-refractivity contribution in [3.05, 3.63) is 59.1 Å². The fraction of sp³-hybridized carbons (Fsp3) is 0.333. The molecule has 0 saturated carbocycles. The number of anilines is 3. The quantitative estimate of drug-likeness (QED) is 0.308. The van der Waals surface area contributed by atoms with Crippen molar-refractivity contribution < 1.29 is 17.9 Å². The summed E-state index contributed by atoms with van der Waals surface area (Å²) in [5.74, 6) is 1.98. The van der Waals surface area contributed by atoms with Crippen molar-refractivity contribution in [3.63, 3.8) is 0 Å². The van der Waals surface area contributed by atoms with E-state index in [0.29, 0.717) is 28.5 Å². The third kappa shape index (κ3) is 5.29. The minimum atomic E-state index is -3.54. The molecule has 0 fully saturated rings. The molecule has 0 aliphatic carbocycles. The molecule has 3 rings (SSSR count). The van der Waals surface area contributed by atoms with E-state index < -0.39 is 10.0 Å². The number of nitrogens with zero attached hydrogens (tertiary/aromatic N) is 3. The molecule has 0 amide bonds. The van der Waals surface area contributed by atoms with Gasteiger partial charge in [0, 0.05) is 19.7 Å². The van der Waals surface area contributed by atoms with Crippen LogP contribution in [0.4, 0.5) is 17.3 Å². The lowest BCUT2D eigenvalue weighted by atomic mass is 10.1. The van der Waals surface area contributed by atoms with Crippen molar-refractivity contribution in [3.8, 4) is 5.75 Å². The molecule has 2 aromatic heterocycles. The first-order chi connectivity index (χ1) is 15.1. The predicted molar refractivity (Wildman–Crippen MR) is 127 cm³/mol. The van der Waals surface area contributed by atoms with E-state index in [1.54, 1.807) is 19.1 Å². The first-order valence-electron chi connectivity index (χ1n) is 9.89. The molecule has 2 heterocycles. The van der Waals surface area contributed by atoms with Gasteiger partial charge in [-0.25, -0.2) is 12.7 Å². The van der Waals surface area contributed by atoms with Crippen LogP contribution in [0.15, 0.2) is 40.8 Å². The summed E-state index contributed by atoms with van der Waals surface area (Å²) in [4.78, 5) is 0. The van der Waals surface area contributed by atoms with E-state index in [2.05, 4.69) is 19.4 Å². The largest absolute Gasteiger partial charge is 0.505 e.